The summed E-state index contributed by atoms with van der Waals surface area (Å²) in [6.07, 6.45) is 4.39. The van der Waals surface area contributed by atoms with Gasteiger partial charge in [-0.25, -0.2) is 4.98 Å². The summed E-state index contributed by atoms with van der Waals surface area (Å²) in [7, 11) is 0. The van der Waals surface area contributed by atoms with E-state index in [0.717, 1.165) is 47.6 Å². The van der Waals surface area contributed by atoms with Gasteiger partial charge in [-0.15, -0.1) is 0 Å². The number of nitrogens with two attached hydrogens (primary N) is 1. The smallest absolute Gasteiger partial charge is 0.254 e. The van der Waals surface area contributed by atoms with Gasteiger partial charge in [0.05, 0.1) is 22.4 Å². The molecule has 7 rings (SSSR count). The summed E-state index contributed by atoms with van der Waals surface area (Å²) in [6, 6.07) is 14.5. The van der Waals surface area contributed by atoms with Crippen molar-refractivity contribution in [3.63, 3.8) is 0 Å². The van der Waals surface area contributed by atoms with Gasteiger partial charge in [-0.05, 0) is 55.9 Å². The van der Waals surface area contributed by atoms with E-state index in [2.05, 4.69) is 39.5 Å². The minimum absolute atomic E-state index is 0.00713. The molecule has 37 heavy (non-hydrogen) atoms. The zero-order valence-corrected chi connectivity index (χ0v) is 21.2. The fourth-order valence-corrected chi connectivity index (χ4v) is 6.16. The molecule has 2 fully saturated rings. The average molecular weight is 497 g/mol. The number of fused-ring (bicyclic) bond motifs is 1. The van der Waals surface area contributed by atoms with Gasteiger partial charge in [0.2, 0.25) is 5.91 Å². The lowest BCUT2D eigenvalue weighted by molar-refractivity contribution is -0.116. The van der Waals surface area contributed by atoms with Gasteiger partial charge in [-0.1, -0.05) is 18.2 Å². The maximum atomic E-state index is 13.5. The Hall–Kier alpha value is -3.65. The number of carbonyl (C=O) groups is 2. The standard InChI is InChI=1S/C29H32N6O2/c1-18(36)33-11-12-34-27-23(13-21(15-25(27)33)29(37)32-10-4-6-22(30)17-32)31-28(34)26-14-20-5-2-3-7-24(20)35(26)16-19-8-9-19/h2-3,5,7,13-15,19,22H,4,6,8-12,16-17,30H2,1H3. The molecule has 1 aliphatic carbocycles. The maximum absolute atomic E-state index is 13.5. The van der Waals surface area contributed by atoms with Crippen LogP contribution in [0.2, 0.25) is 0 Å². The molecule has 2 aliphatic heterocycles. The highest BCUT2D eigenvalue weighted by Gasteiger charge is 2.31. The van der Waals surface area contributed by atoms with Crippen LogP contribution in [-0.2, 0) is 17.9 Å². The number of imidazole rings is 1. The van der Waals surface area contributed by atoms with E-state index in [4.69, 9.17) is 10.7 Å². The molecule has 2 aromatic heterocycles. The van der Waals surface area contributed by atoms with Gasteiger partial charge < -0.3 is 24.7 Å². The van der Waals surface area contributed by atoms with E-state index in [0.29, 0.717) is 37.7 Å². The van der Waals surface area contributed by atoms with E-state index in [1.54, 1.807) is 11.8 Å². The molecule has 4 aromatic rings. The minimum Gasteiger partial charge on any atom is -0.338 e. The van der Waals surface area contributed by atoms with Crippen molar-refractivity contribution in [1.29, 1.82) is 0 Å². The number of benzene rings is 2. The fourth-order valence-electron chi connectivity index (χ4n) is 6.16. The first-order chi connectivity index (χ1) is 18.0. The van der Waals surface area contributed by atoms with Crippen molar-refractivity contribution in [2.45, 2.75) is 51.7 Å². The topological polar surface area (TPSA) is 89.4 Å². The Balaban J connectivity index is 1.41. The number of piperidine rings is 1. The fraction of sp³-hybridized carbons (Fsp3) is 0.414. The van der Waals surface area contributed by atoms with E-state index in [-0.39, 0.29) is 17.9 Å². The van der Waals surface area contributed by atoms with Crippen molar-refractivity contribution in [3.8, 4) is 11.5 Å². The minimum atomic E-state index is -0.0404. The van der Waals surface area contributed by atoms with E-state index in [1.807, 2.05) is 17.0 Å². The molecule has 0 radical (unpaired) electrons. The SMILES string of the molecule is CC(=O)N1CCn2c(-c3cc4ccccc4n3CC3CC3)nc3cc(C(=O)N4CCCC(N)C4)cc1c32. The number of carbonyl (C=O) groups excluding carboxylic acids is 2. The molecule has 2 amide bonds. The predicted molar refractivity (Wildman–Crippen MR) is 145 cm³/mol. The van der Waals surface area contributed by atoms with E-state index < -0.39 is 0 Å². The van der Waals surface area contributed by atoms with Crippen LogP contribution in [0, 0.1) is 5.92 Å². The monoisotopic (exact) mass is 496 g/mol. The summed E-state index contributed by atoms with van der Waals surface area (Å²) in [5.74, 6) is 1.55. The van der Waals surface area contributed by atoms with Gasteiger partial charge in [0, 0.05) is 62.2 Å². The van der Waals surface area contributed by atoms with Crippen LogP contribution < -0.4 is 10.6 Å². The van der Waals surface area contributed by atoms with Crippen molar-refractivity contribution in [2.24, 2.45) is 11.7 Å². The number of rotatable bonds is 4. The molecule has 0 spiro atoms. The Labute approximate surface area is 215 Å². The molecule has 190 valence electrons. The lowest BCUT2D eigenvalue weighted by Crippen LogP contribution is -2.45. The van der Waals surface area contributed by atoms with Crippen molar-refractivity contribution in [3.05, 3.63) is 48.0 Å². The normalized spacial score (nSPS) is 19.7. The van der Waals surface area contributed by atoms with E-state index in [1.165, 1.54) is 23.7 Å². The number of amides is 2. The summed E-state index contributed by atoms with van der Waals surface area (Å²) in [4.78, 5) is 34.9. The molecule has 0 bridgehead atoms. The van der Waals surface area contributed by atoms with Crippen LogP contribution in [0.25, 0.3) is 33.5 Å². The van der Waals surface area contributed by atoms with Gasteiger partial charge in [-0.3, -0.25) is 9.59 Å². The molecule has 8 heteroatoms. The Morgan fingerprint density at radius 1 is 1.05 bits per heavy atom. The van der Waals surface area contributed by atoms with Crippen LogP contribution in [0.15, 0.2) is 42.5 Å². The molecular formula is C29H32N6O2. The first-order valence-corrected chi connectivity index (χ1v) is 13.4. The van der Waals surface area contributed by atoms with Gasteiger partial charge in [0.15, 0.2) is 5.82 Å². The highest BCUT2D eigenvalue weighted by molar-refractivity contribution is 6.07. The molecule has 1 saturated carbocycles. The van der Waals surface area contributed by atoms with Crippen molar-refractivity contribution in [1.82, 2.24) is 19.0 Å². The molecule has 1 atom stereocenters. The summed E-state index contributed by atoms with van der Waals surface area (Å²) in [5.41, 5.74) is 11.5. The first kappa shape index (κ1) is 22.5. The van der Waals surface area contributed by atoms with Crippen molar-refractivity contribution >= 4 is 39.4 Å². The molecule has 1 saturated heterocycles. The molecule has 4 heterocycles. The maximum Gasteiger partial charge on any atom is 0.254 e. The molecular weight excluding hydrogens is 464 g/mol. The third-order valence-electron chi connectivity index (χ3n) is 8.21. The highest BCUT2D eigenvalue weighted by atomic mass is 16.2. The zero-order chi connectivity index (χ0) is 25.3. The van der Waals surface area contributed by atoms with Crippen molar-refractivity contribution in [2.75, 3.05) is 24.5 Å². The van der Waals surface area contributed by atoms with Crippen LogP contribution in [0.3, 0.4) is 0 Å². The number of hydrogen-bond donors (Lipinski definition) is 1. The van der Waals surface area contributed by atoms with Crippen LogP contribution in [-0.4, -0.2) is 56.5 Å². The largest absolute Gasteiger partial charge is 0.338 e. The number of para-hydroxylation sites is 1. The zero-order valence-electron chi connectivity index (χ0n) is 21.2. The van der Waals surface area contributed by atoms with Crippen LogP contribution in [0.1, 0.15) is 43.0 Å². The number of likely N-dealkylation sites (tertiary alicyclic amines) is 1. The van der Waals surface area contributed by atoms with Crippen LogP contribution in [0.5, 0.6) is 0 Å². The van der Waals surface area contributed by atoms with E-state index in [9.17, 15) is 9.59 Å². The van der Waals surface area contributed by atoms with Crippen LogP contribution >= 0.6 is 0 Å². The number of anilines is 1. The van der Waals surface area contributed by atoms with Gasteiger partial charge in [0.1, 0.15) is 0 Å². The Morgan fingerprint density at radius 3 is 2.68 bits per heavy atom. The number of nitrogens with zero attached hydrogens (tertiary/aromatic N) is 5. The molecule has 2 aromatic carbocycles. The number of hydrogen-bond acceptors (Lipinski definition) is 4. The summed E-state index contributed by atoms with van der Waals surface area (Å²) < 4.78 is 4.66. The van der Waals surface area contributed by atoms with Crippen molar-refractivity contribution < 1.29 is 9.59 Å². The lowest BCUT2D eigenvalue weighted by Gasteiger charge is -2.32. The first-order valence-electron chi connectivity index (χ1n) is 13.4. The average Bonchev–Trinajstić information content (AvgIpc) is 3.54. The highest BCUT2D eigenvalue weighted by Crippen LogP contribution is 2.40. The van der Waals surface area contributed by atoms with Gasteiger partial charge in [0.25, 0.3) is 5.91 Å². The molecule has 1 unspecified atom stereocenters. The second-order valence-electron chi connectivity index (χ2n) is 10.9. The summed E-state index contributed by atoms with van der Waals surface area (Å²) >= 11 is 0. The van der Waals surface area contributed by atoms with Gasteiger partial charge in [-0.2, -0.15) is 0 Å². The van der Waals surface area contributed by atoms with Gasteiger partial charge >= 0.3 is 0 Å². The Bertz CT molecular complexity index is 1560. The lowest BCUT2D eigenvalue weighted by atomic mass is 10.0. The molecule has 8 nitrogen and oxygen atoms in total. The van der Waals surface area contributed by atoms with Crippen LogP contribution in [0.4, 0.5) is 5.69 Å². The predicted octanol–water partition coefficient (Wildman–Crippen LogP) is 4.00. The third-order valence-corrected chi connectivity index (χ3v) is 8.21. The summed E-state index contributed by atoms with van der Waals surface area (Å²) in [5, 5.41) is 1.21. The molecule has 3 aliphatic rings. The second-order valence-corrected chi connectivity index (χ2v) is 10.9. The number of aromatic nitrogens is 3. The molecule has 2 N–H and O–H groups in total. The van der Waals surface area contributed by atoms with E-state index >= 15 is 0 Å². The Kier molecular flexibility index (Phi) is 5.15. The second kappa shape index (κ2) is 8.45. The summed E-state index contributed by atoms with van der Waals surface area (Å²) in [6.45, 7) is 5.05. The quantitative estimate of drug-likeness (QED) is 0.463. The third kappa shape index (κ3) is 3.73. The Morgan fingerprint density at radius 2 is 1.89 bits per heavy atom.